The Morgan fingerprint density at radius 2 is 1.90 bits per heavy atom. The van der Waals surface area contributed by atoms with E-state index >= 15 is 0 Å². The van der Waals surface area contributed by atoms with Crippen molar-refractivity contribution in [2.45, 2.75) is 25.3 Å². The molecule has 21 heavy (non-hydrogen) atoms. The van der Waals surface area contributed by atoms with Crippen molar-refractivity contribution in [3.63, 3.8) is 0 Å². The van der Waals surface area contributed by atoms with E-state index in [0.717, 1.165) is 25.3 Å². The maximum Gasteiger partial charge on any atom is 0.168 e. The van der Waals surface area contributed by atoms with Crippen molar-refractivity contribution in [3.8, 4) is 0 Å². The lowest BCUT2D eigenvalue weighted by Crippen LogP contribution is -2.19. The smallest absolute Gasteiger partial charge is 0.168 e. The van der Waals surface area contributed by atoms with Crippen LogP contribution >= 0.6 is 0 Å². The second kappa shape index (κ2) is 5.68. The number of pyridine rings is 1. The van der Waals surface area contributed by atoms with Crippen LogP contribution in [0.15, 0.2) is 30.3 Å². The fourth-order valence-electron chi connectivity index (χ4n) is 2.81. The van der Waals surface area contributed by atoms with Gasteiger partial charge in [-0.1, -0.05) is 24.3 Å². The zero-order chi connectivity index (χ0) is 14.8. The minimum atomic E-state index is -0.690. The Bertz CT molecular complexity index is 658. The molecule has 110 valence electrons. The molecular formula is C16H17F2N3. The van der Waals surface area contributed by atoms with Gasteiger partial charge in [-0.15, -0.1) is 0 Å². The van der Waals surface area contributed by atoms with E-state index in [4.69, 9.17) is 0 Å². The number of aryl methyl sites for hydroxylation is 1. The molecule has 3 nitrogen and oxygen atoms in total. The van der Waals surface area contributed by atoms with Crippen LogP contribution in [0.2, 0.25) is 0 Å². The lowest BCUT2D eigenvalue weighted by Gasteiger charge is -2.27. The lowest BCUT2D eigenvalue weighted by atomic mass is 9.88. The van der Waals surface area contributed by atoms with Crippen LogP contribution < -0.4 is 10.6 Å². The molecule has 3 rings (SSSR count). The summed E-state index contributed by atoms with van der Waals surface area (Å²) < 4.78 is 27.4. The largest absolute Gasteiger partial charge is 0.371 e. The number of nitrogens with one attached hydrogen (secondary N) is 2. The summed E-state index contributed by atoms with van der Waals surface area (Å²) in [5, 5.41) is 5.74. The predicted molar refractivity (Wildman–Crippen MR) is 79.4 cm³/mol. The van der Waals surface area contributed by atoms with E-state index in [1.54, 1.807) is 7.05 Å². The van der Waals surface area contributed by atoms with Crippen molar-refractivity contribution in [1.82, 2.24) is 4.98 Å². The van der Waals surface area contributed by atoms with E-state index < -0.39 is 11.6 Å². The highest BCUT2D eigenvalue weighted by atomic mass is 19.1. The van der Waals surface area contributed by atoms with Crippen molar-refractivity contribution in [2.24, 2.45) is 0 Å². The van der Waals surface area contributed by atoms with Gasteiger partial charge in [0.15, 0.2) is 23.3 Å². The van der Waals surface area contributed by atoms with E-state index in [1.807, 2.05) is 18.2 Å². The molecule has 0 radical (unpaired) electrons. The van der Waals surface area contributed by atoms with Crippen LogP contribution in [0.5, 0.6) is 0 Å². The average Bonchev–Trinajstić information content (AvgIpc) is 2.50. The molecule has 0 bridgehead atoms. The van der Waals surface area contributed by atoms with Gasteiger partial charge in [-0.25, -0.2) is 13.8 Å². The number of fused-ring (bicyclic) bond motifs is 1. The van der Waals surface area contributed by atoms with Gasteiger partial charge in [-0.05, 0) is 30.4 Å². The first-order valence-corrected chi connectivity index (χ1v) is 7.07. The van der Waals surface area contributed by atoms with Crippen molar-refractivity contribution in [3.05, 3.63) is 53.1 Å². The summed E-state index contributed by atoms with van der Waals surface area (Å²) in [6.07, 6.45) is 2.98. The molecule has 1 atom stereocenters. The Morgan fingerprint density at radius 3 is 2.71 bits per heavy atom. The third-order valence-electron chi connectivity index (χ3n) is 3.85. The molecule has 1 heterocycles. The maximum absolute atomic E-state index is 13.9. The summed E-state index contributed by atoms with van der Waals surface area (Å²) in [5.41, 5.74) is 2.44. The van der Waals surface area contributed by atoms with Crippen LogP contribution in [0.1, 0.15) is 30.0 Å². The van der Waals surface area contributed by atoms with E-state index in [1.165, 1.54) is 11.1 Å². The molecule has 1 aromatic heterocycles. The van der Waals surface area contributed by atoms with Crippen LogP contribution in [0.25, 0.3) is 0 Å². The fourth-order valence-corrected chi connectivity index (χ4v) is 2.81. The van der Waals surface area contributed by atoms with Crippen LogP contribution in [0.3, 0.4) is 0 Å². The normalized spacial score (nSPS) is 17.2. The highest BCUT2D eigenvalue weighted by molar-refractivity contribution is 5.49. The van der Waals surface area contributed by atoms with Gasteiger partial charge in [0.05, 0.1) is 6.04 Å². The molecule has 5 heteroatoms. The van der Waals surface area contributed by atoms with Crippen LogP contribution in [-0.2, 0) is 6.42 Å². The van der Waals surface area contributed by atoms with Crippen molar-refractivity contribution in [1.29, 1.82) is 0 Å². The Balaban J connectivity index is 1.91. The number of aromatic nitrogens is 1. The monoisotopic (exact) mass is 289 g/mol. The highest BCUT2D eigenvalue weighted by Gasteiger charge is 2.21. The quantitative estimate of drug-likeness (QED) is 0.900. The number of nitrogens with zero attached hydrogens (tertiary/aromatic N) is 1. The van der Waals surface area contributed by atoms with Crippen LogP contribution in [0.4, 0.5) is 20.4 Å². The van der Waals surface area contributed by atoms with Gasteiger partial charge in [0, 0.05) is 13.1 Å². The summed E-state index contributed by atoms with van der Waals surface area (Å²) in [6.45, 7) is 0. The summed E-state index contributed by atoms with van der Waals surface area (Å²) in [5.74, 6) is -1.23. The van der Waals surface area contributed by atoms with Gasteiger partial charge in [-0.3, -0.25) is 0 Å². The summed E-state index contributed by atoms with van der Waals surface area (Å²) >= 11 is 0. The first kappa shape index (κ1) is 13.8. The van der Waals surface area contributed by atoms with Gasteiger partial charge in [0.1, 0.15) is 0 Å². The molecule has 0 spiro atoms. The van der Waals surface area contributed by atoms with Gasteiger partial charge >= 0.3 is 0 Å². The average molecular weight is 289 g/mol. The standard InChI is InChI=1S/C16H17F2N3/c1-19-15-12(17)9-13(18)16(21-15)20-14-8-4-6-10-5-2-3-7-11(10)14/h2-3,5,7,9,14H,4,6,8H2,1H3,(H2,19,20,21). The number of hydrogen-bond acceptors (Lipinski definition) is 3. The summed E-state index contributed by atoms with van der Waals surface area (Å²) in [6, 6.07) is 9.00. The topological polar surface area (TPSA) is 37.0 Å². The Hall–Kier alpha value is -2.17. The molecule has 1 aliphatic rings. The molecule has 2 N–H and O–H groups in total. The van der Waals surface area contributed by atoms with Gasteiger partial charge in [0.2, 0.25) is 0 Å². The lowest BCUT2D eigenvalue weighted by molar-refractivity contribution is 0.564. The molecule has 0 aliphatic heterocycles. The molecular weight excluding hydrogens is 272 g/mol. The number of halogens is 2. The Morgan fingerprint density at radius 1 is 1.14 bits per heavy atom. The van der Waals surface area contributed by atoms with E-state index in [0.29, 0.717) is 0 Å². The van der Waals surface area contributed by atoms with Gasteiger partial charge in [-0.2, -0.15) is 0 Å². The molecule has 0 saturated heterocycles. The second-order valence-corrected chi connectivity index (χ2v) is 5.19. The molecule has 0 saturated carbocycles. The molecule has 2 aromatic rings. The third-order valence-corrected chi connectivity index (χ3v) is 3.85. The van der Waals surface area contributed by atoms with Crippen molar-refractivity contribution < 1.29 is 8.78 Å². The van der Waals surface area contributed by atoms with E-state index in [2.05, 4.69) is 21.7 Å². The van der Waals surface area contributed by atoms with E-state index in [-0.39, 0.29) is 17.7 Å². The van der Waals surface area contributed by atoms with Crippen molar-refractivity contribution in [2.75, 3.05) is 17.7 Å². The SMILES string of the molecule is CNc1nc(NC2CCCc3ccccc32)c(F)cc1F. The minimum absolute atomic E-state index is 0.00659. The molecule has 1 unspecified atom stereocenters. The molecule has 0 fully saturated rings. The van der Waals surface area contributed by atoms with Crippen LogP contribution in [0, 0.1) is 11.6 Å². The second-order valence-electron chi connectivity index (χ2n) is 5.19. The predicted octanol–water partition coefficient (Wildman–Crippen LogP) is 3.89. The highest BCUT2D eigenvalue weighted by Crippen LogP contribution is 2.33. The summed E-state index contributed by atoms with van der Waals surface area (Å²) in [4.78, 5) is 3.99. The molecule has 0 amide bonds. The maximum atomic E-state index is 13.9. The minimum Gasteiger partial charge on any atom is -0.371 e. The fraction of sp³-hybridized carbons (Fsp3) is 0.312. The van der Waals surface area contributed by atoms with Crippen molar-refractivity contribution >= 4 is 11.6 Å². The third kappa shape index (κ3) is 2.68. The van der Waals surface area contributed by atoms with E-state index in [9.17, 15) is 8.78 Å². The van der Waals surface area contributed by atoms with Gasteiger partial charge < -0.3 is 10.6 Å². The zero-order valence-corrected chi connectivity index (χ0v) is 11.8. The first-order valence-electron chi connectivity index (χ1n) is 7.07. The van der Waals surface area contributed by atoms with Gasteiger partial charge in [0.25, 0.3) is 0 Å². The molecule has 1 aliphatic carbocycles. The zero-order valence-electron chi connectivity index (χ0n) is 11.8. The Labute approximate surface area is 122 Å². The Kier molecular flexibility index (Phi) is 3.73. The summed E-state index contributed by atoms with van der Waals surface area (Å²) in [7, 11) is 1.56. The number of hydrogen-bond donors (Lipinski definition) is 2. The van der Waals surface area contributed by atoms with Crippen LogP contribution in [-0.4, -0.2) is 12.0 Å². The first-order chi connectivity index (χ1) is 10.2. The molecule has 1 aromatic carbocycles. The number of anilines is 2. The number of benzene rings is 1. The number of rotatable bonds is 3.